The van der Waals surface area contributed by atoms with Crippen molar-refractivity contribution in [3.63, 3.8) is 0 Å². The number of carbonyl (C=O) groups excluding carboxylic acids is 2. The second kappa shape index (κ2) is 16.4. The number of aryl methyl sites for hydroxylation is 2. The summed E-state index contributed by atoms with van der Waals surface area (Å²) < 4.78 is 24.9. The summed E-state index contributed by atoms with van der Waals surface area (Å²) in [7, 11) is 0. The third kappa shape index (κ3) is 10.0. The highest BCUT2D eigenvalue weighted by Crippen LogP contribution is 2.27. The Kier molecular flexibility index (Phi) is 11.6. The summed E-state index contributed by atoms with van der Waals surface area (Å²) in [5.41, 5.74) is 3.19. The smallest absolute Gasteiger partial charge is 0.169 e. The minimum atomic E-state index is -0.551. The summed E-state index contributed by atoms with van der Waals surface area (Å²) >= 11 is 7.61. The van der Waals surface area contributed by atoms with E-state index in [4.69, 9.17) is 21.1 Å². The Hall–Kier alpha value is -5.46. The van der Waals surface area contributed by atoms with Crippen molar-refractivity contribution in [2.75, 3.05) is 0 Å². The van der Waals surface area contributed by atoms with Crippen molar-refractivity contribution in [3.05, 3.63) is 141 Å². The molecular weight excluding hydrogens is 655 g/mol. The molecule has 0 fully saturated rings. The summed E-state index contributed by atoms with van der Waals surface area (Å²) in [6.07, 6.45) is 9.97. The van der Waals surface area contributed by atoms with Crippen LogP contribution in [-0.2, 0) is 19.3 Å². The zero-order valence-corrected chi connectivity index (χ0v) is 27.4. The summed E-state index contributed by atoms with van der Waals surface area (Å²) in [4.78, 5) is 49.0. The lowest BCUT2D eigenvalue weighted by Crippen LogP contribution is -2.06. The number of nitrogens with zero attached hydrogens (tertiary/aromatic N) is 6. The number of pyridine rings is 1. The second-order valence-corrected chi connectivity index (χ2v) is 11.6. The van der Waals surface area contributed by atoms with E-state index in [2.05, 4.69) is 29.9 Å². The molecule has 10 nitrogen and oxygen atoms in total. The van der Waals surface area contributed by atoms with Crippen LogP contribution < -0.4 is 9.47 Å². The molecule has 0 N–H and O–H groups in total. The van der Waals surface area contributed by atoms with Crippen molar-refractivity contribution in [2.24, 2.45) is 0 Å². The lowest BCUT2D eigenvalue weighted by atomic mass is 10.1. The number of thiazole rings is 1. The van der Waals surface area contributed by atoms with Gasteiger partial charge in [-0.2, -0.15) is 0 Å². The minimum absolute atomic E-state index is 0.0522. The molecule has 0 radical (unpaired) electrons. The summed E-state index contributed by atoms with van der Waals surface area (Å²) in [5, 5.41) is 3.21. The lowest BCUT2D eigenvalue weighted by molar-refractivity contribution is 0.0983. The predicted octanol–water partition coefficient (Wildman–Crippen LogP) is 7.90. The third-order valence-electron chi connectivity index (χ3n) is 6.49. The van der Waals surface area contributed by atoms with E-state index in [1.54, 1.807) is 24.3 Å². The molecule has 242 valence electrons. The number of benzene rings is 2. The summed E-state index contributed by atoms with van der Waals surface area (Å²) in [6, 6.07) is 14.3. The number of ketones is 2. The quantitative estimate of drug-likeness (QED) is 0.124. The van der Waals surface area contributed by atoms with Crippen LogP contribution >= 0.6 is 22.9 Å². The molecule has 0 amide bonds. The molecule has 6 rings (SSSR count). The number of rotatable bonds is 11. The highest BCUT2D eigenvalue weighted by atomic mass is 35.5. The van der Waals surface area contributed by atoms with Gasteiger partial charge in [-0.3, -0.25) is 14.6 Å². The van der Waals surface area contributed by atoms with Gasteiger partial charge in [-0.05, 0) is 55.8 Å². The molecule has 13 heteroatoms. The fourth-order valence-electron chi connectivity index (χ4n) is 4.31. The van der Waals surface area contributed by atoms with E-state index < -0.39 is 5.82 Å². The third-order valence-corrected chi connectivity index (χ3v) is 7.61. The normalized spacial score (nSPS) is 10.5. The molecule has 0 bridgehead atoms. The van der Waals surface area contributed by atoms with Crippen molar-refractivity contribution >= 4 is 34.5 Å². The number of halogens is 2. The lowest BCUT2D eigenvalue weighted by Gasteiger charge is -2.07. The summed E-state index contributed by atoms with van der Waals surface area (Å²) in [5.74, 6) is 0.683. The Morgan fingerprint density at radius 3 is 1.96 bits per heavy atom. The first-order chi connectivity index (χ1) is 23.2. The minimum Gasteiger partial charge on any atom is -0.454 e. The molecule has 0 saturated carbocycles. The maximum atomic E-state index is 13.8. The fourth-order valence-corrected chi connectivity index (χ4v) is 5.41. The molecule has 4 aromatic heterocycles. The van der Waals surface area contributed by atoms with Gasteiger partial charge in [-0.15, -0.1) is 11.3 Å². The SMILES string of the molecule is CCc1csc(CC(=O)c2cc(Cl)cc(Oc3cncnc3)c2)n1.Cc1cccc(CC(=O)c2cc(F)cc(Oc3cncnc3)c2)n1. The van der Waals surface area contributed by atoms with Crippen LogP contribution in [0.5, 0.6) is 23.0 Å². The summed E-state index contributed by atoms with van der Waals surface area (Å²) in [6.45, 7) is 3.89. The van der Waals surface area contributed by atoms with Crippen LogP contribution in [0.4, 0.5) is 4.39 Å². The van der Waals surface area contributed by atoms with E-state index in [-0.39, 0.29) is 35.7 Å². The molecule has 0 aliphatic heterocycles. The topological polar surface area (TPSA) is 130 Å². The Labute approximate surface area is 284 Å². The van der Waals surface area contributed by atoms with E-state index in [0.717, 1.165) is 22.8 Å². The first-order valence-corrected chi connectivity index (χ1v) is 15.9. The highest BCUT2D eigenvalue weighted by molar-refractivity contribution is 7.09. The molecule has 2 aromatic carbocycles. The van der Waals surface area contributed by atoms with Gasteiger partial charge in [0.1, 0.15) is 35.0 Å². The van der Waals surface area contributed by atoms with E-state index in [1.165, 1.54) is 67.0 Å². The van der Waals surface area contributed by atoms with E-state index in [9.17, 15) is 14.0 Å². The van der Waals surface area contributed by atoms with Crippen LogP contribution in [0.15, 0.2) is 97.4 Å². The number of carbonyl (C=O) groups is 2. The van der Waals surface area contributed by atoms with Gasteiger partial charge in [0.05, 0.1) is 43.3 Å². The maximum Gasteiger partial charge on any atom is 0.169 e. The predicted molar refractivity (Wildman–Crippen MR) is 179 cm³/mol. The molecular formula is C35H28ClFN6O4S. The van der Waals surface area contributed by atoms with E-state index >= 15 is 0 Å². The number of hydrogen-bond acceptors (Lipinski definition) is 11. The zero-order chi connectivity index (χ0) is 33.9. The van der Waals surface area contributed by atoms with Gasteiger partial charge in [-0.25, -0.2) is 29.3 Å². The largest absolute Gasteiger partial charge is 0.454 e. The average molecular weight is 683 g/mol. The van der Waals surface area contributed by atoms with Gasteiger partial charge in [0.25, 0.3) is 0 Å². The van der Waals surface area contributed by atoms with Gasteiger partial charge in [-0.1, -0.05) is 24.6 Å². The van der Waals surface area contributed by atoms with Crippen molar-refractivity contribution < 1.29 is 23.5 Å². The van der Waals surface area contributed by atoms with Gasteiger partial charge < -0.3 is 9.47 Å². The molecule has 0 spiro atoms. The van der Waals surface area contributed by atoms with Crippen molar-refractivity contribution in [1.82, 2.24) is 29.9 Å². The standard InChI is InChI=1S/C18H14FN3O2.C17H14ClN3O2S/c1-12-3-2-4-15(22-12)8-18(23)13-5-14(19)7-16(6-13)24-17-9-20-11-21-10-17;1-2-13-9-24-17(21-13)6-16(22)11-3-12(18)5-14(4-11)23-15-7-19-10-20-8-15/h2-7,9-11H,8H2,1H3;3-5,7-10H,2,6H2,1H3. The van der Waals surface area contributed by atoms with Crippen molar-refractivity contribution in [3.8, 4) is 23.0 Å². The van der Waals surface area contributed by atoms with Crippen LogP contribution in [0, 0.1) is 12.7 Å². The van der Waals surface area contributed by atoms with Crippen LogP contribution in [0.1, 0.15) is 49.7 Å². The zero-order valence-electron chi connectivity index (χ0n) is 25.8. The fraction of sp³-hybridized carbons (Fsp3) is 0.143. The molecule has 0 saturated heterocycles. The number of ether oxygens (including phenoxy) is 2. The molecule has 6 aromatic rings. The Morgan fingerprint density at radius 1 is 0.750 bits per heavy atom. The van der Waals surface area contributed by atoms with Crippen LogP contribution in [-0.4, -0.2) is 41.5 Å². The van der Waals surface area contributed by atoms with Gasteiger partial charge in [0.2, 0.25) is 0 Å². The molecule has 0 aliphatic carbocycles. The van der Waals surface area contributed by atoms with E-state index in [1.807, 2.05) is 31.4 Å². The van der Waals surface area contributed by atoms with Crippen LogP contribution in [0.3, 0.4) is 0 Å². The molecule has 0 atom stereocenters. The van der Waals surface area contributed by atoms with Crippen LogP contribution in [0.2, 0.25) is 5.02 Å². The average Bonchev–Trinajstić information content (AvgIpc) is 3.53. The second-order valence-electron chi connectivity index (χ2n) is 10.3. The Bertz CT molecular complexity index is 2010. The first kappa shape index (κ1) is 33.9. The van der Waals surface area contributed by atoms with Crippen LogP contribution in [0.25, 0.3) is 0 Å². The molecule has 0 aliphatic rings. The van der Waals surface area contributed by atoms with Crippen molar-refractivity contribution in [1.29, 1.82) is 0 Å². The molecule has 48 heavy (non-hydrogen) atoms. The molecule has 0 unspecified atom stereocenters. The van der Waals surface area contributed by atoms with Gasteiger partial charge in [0.15, 0.2) is 23.1 Å². The number of hydrogen-bond donors (Lipinski definition) is 0. The number of aromatic nitrogens is 6. The first-order valence-electron chi connectivity index (χ1n) is 14.6. The highest BCUT2D eigenvalue weighted by Gasteiger charge is 2.14. The van der Waals surface area contributed by atoms with E-state index in [0.29, 0.717) is 33.5 Å². The maximum absolute atomic E-state index is 13.8. The number of Topliss-reactive ketones (excluding diaryl/α,β-unsaturated/α-hetero) is 2. The Morgan fingerprint density at radius 2 is 1.35 bits per heavy atom. The Balaban J connectivity index is 0.000000188. The van der Waals surface area contributed by atoms with Gasteiger partial charge >= 0.3 is 0 Å². The molecule has 4 heterocycles. The van der Waals surface area contributed by atoms with Gasteiger partial charge in [0, 0.05) is 39.0 Å². The monoisotopic (exact) mass is 682 g/mol. The van der Waals surface area contributed by atoms with Crippen molar-refractivity contribution in [2.45, 2.75) is 33.1 Å².